The molecule has 2 saturated heterocycles. The van der Waals surface area contributed by atoms with Crippen molar-refractivity contribution in [2.45, 2.75) is 19.8 Å². The van der Waals surface area contributed by atoms with Crippen LogP contribution in [0.15, 0.2) is 24.5 Å². The van der Waals surface area contributed by atoms with Gasteiger partial charge in [-0.1, -0.05) is 6.92 Å². The lowest BCUT2D eigenvalue weighted by molar-refractivity contribution is -0.144. The van der Waals surface area contributed by atoms with E-state index >= 15 is 0 Å². The number of hydrogen-bond donors (Lipinski definition) is 2. The van der Waals surface area contributed by atoms with Gasteiger partial charge in [0.1, 0.15) is 5.82 Å². The van der Waals surface area contributed by atoms with Gasteiger partial charge in [-0.2, -0.15) is 0 Å². The standard InChI is InChI=1S/C18H26N6O.2CH2O2/c1-18(5-8-21(2)9-6-18)17(25)23-13-11-22(12-14-23)16-4-3-15-19-7-10-24(15)20-16;2*2-1-3/h3-4,7,10H,5-6,8-9,11-14H2,1-2H3;2*1H,(H,2,3). The number of aromatic nitrogens is 3. The fourth-order valence-electron chi connectivity index (χ4n) is 3.82. The number of likely N-dealkylation sites (tertiary alicyclic amines) is 1. The third kappa shape index (κ3) is 6.14. The van der Waals surface area contributed by atoms with E-state index in [0.717, 1.165) is 63.6 Å². The zero-order valence-electron chi connectivity index (χ0n) is 17.9. The molecule has 4 rings (SSSR count). The van der Waals surface area contributed by atoms with Crippen LogP contribution in [0.2, 0.25) is 0 Å². The van der Waals surface area contributed by atoms with Crippen LogP contribution in [0.25, 0.3) is 5.65 Å². The van der Waals surface area contributed by atoms with E-state index in [-0.39, 0.29) is 18.4 Å². The molecular weight excluding hydrogens is 404 g/mol. The van der Waals surface area contributed by atoms with E-state index in [0.29, 0.717) is 5.91 Å². The van der Waals surface area contributed by atoms with Gasteiger partial charge in [0, 0.05) is 44.0 Å². The van der Waals surface area contributed by atoms with Gasteiger partial charge in [0.15, 0.2) is 5.65 Å². The largest absolute Gasteiger partial charge is 0.483 e. The van der Waals surface area contributed by atoms with Crippen LogP contribution >= 0.6 is 0 Å². The maximum atomic E-state index is 13.0. The Morgan fingerprint density at radius 2 is 1.61 bits per heavy atom. The van der Waals surface area contributed by atoms with Crippen molar-refractivity contribution in [2.75, 3.05) is 51.2 Å². The molecule has 0 bridgehead atoms. The molecule has 0 aromatic carbocycles. The Morgan fingerprint density at radius 1 is 1.03 bits per heavy atom. The van der Waals surface area contributed by atoms with E-state index in [1.54, 1.807) is 10.7 Å². The topological polar surface area (TPSA) is 132 Å². The van der Waals surface area contributed by atoms with Crippen LogP contribution in [-0.4, -0.2) is 99.8 Å². The second-order valence-electron chi connectivity index (χ2n) is 7.78. The van der Waals surface area contributed by atoms with Crippen molar-refractivity contribution in [3.63, 3.8) is 0 Å². The number of piperidine rings is 1. The Balaban J connectivity index is 0.000000513. The molecule has 11 nitrogen and oxygen atoms in total. The molecule has 2 N–H and O–H groups in total. The van der Waals surface area contributed by atoms with Crippen LogP contribution in [0.1, 0.15) is 19.8 Å². The second-order valence-corrected chi connectivity index (χ2v) is 7.78. The average molecular weight is 434 g/mol. The second kappa shape index (κ2) is 11.3. The molecule has 0 unspecified atom stereocenters. The van der Waals surface area contributed by atoms with Crippen molar-refractivity contribution in [3.8, 4) is 0 Å². The summed E-state index contributed by atoms with van der Waals surface area (Å²) in [6, 6.07) is 4.00. The van der Waals surface area contributed by atoms with Gasteiger partial charge in [-0.15, -0.1) is 5.10 Å². The van der Waals surface area contributed by atoms with Gasteiger partial charge < -0.3 is 24.9 Å². The molecule has 1 amide bonds. The fraction of sp³-hybridized carbons (Fsp3) is 0.550. The summed E-state index contributed by atoms with van der Waals surface area (Å²) in [5.74, 6) is 1.28. The lowest BCUT2D eigenvalue weighted by Gasteiger charge is -2.43. The molecule has 0 radical (unpaired) electrons. The van der Waals surface area contributed by atoms with Crippen molar-refractivity contribution in [2.24, 2.45) is 5.41 Å². The number of carbonyl (C=O) groups is 3. The molecule has 2 aliphatic rings. The number of fused-ring (bicyclic) bond motifs is 1. The number of rotatable bonds is 2. The quantitative estimate of drug-likeness (QED) is 0.649. The predicted octanol–water partition coefficient (Wildman–Crippen LogP) is 0.511. The third-order valence-electron chi connectivity index (χ3n) is 5.74. The lowest BCUT2D eigenvalue weighted by Crippen LogP contribution is -2.54. The van der Waals surface area contributed by atoms with E-state index in [1.807, 2.05) is 18.3 Å². The number of nitrogens with zero attached hydrogens (tertiary/aromatic N) is 6. The van der Waals surface area contributed by atoms with Crippen LogP contribution in [0.3, 0.4) is 0 Å². The fourth-order valence-corrected chi connectivity index (χ4v) is 3.82. The highest BCUT2D eigenvalue weighted by molar-refractivity contribution is 5.82. The van der Waals surface area contributed by atoms with Crippen LogP contribution in [0.4, 0.5) is 5.82 Å². The average Bonchev–Trinajstić information content (AvgIpc) is 3.25. The van der Waals surface area contributed by atoms with Crippen molar-refractivity contribution < 1.29 is 24.6 Å². The first-order valence-electron chi connectivity index (χ1n) is 10.1. The van der Waals surface area contributed by atoms with Gasteiger partial charge in [0.2, 0.25) is 5.91 Å². The summed E-state index contributed by atoms with van der Waals surface area (Å²) in [7, 11) is 2.13. The Kier molecular flexibility index (Phi) is 8.74. The minimum absolute atomic E-state index is 0.192. The minimum Gasteiger partial charge on any atom is -0.483 e. The molecule has 2 fully saturated rings. The molecule has 4 heterocycles. The highest BCUT2D eigenvalue weighted by Crippen LogP contribution is 2.33. The Labute approximate surface area is 180 Å². The molecule has 0 aliphatic carbocycles. The highest BCUT2D eigenvalue weighted by Gasteiger charge is 2.39. The lowest BCUT2D eigenvalue weighted by atomic mass is 9.79. The Bertz CT molecular complexity index is 851. The first-order valence-corrected chi connectivity index (χ1v) is 10.1. The number of piperazine rings is 1. The van der Waals surface area contributed by atoms with Crippen LogP contribution in [0, 0.1) is 5.41 Å². The molecule has 31 heavy (non-hydrogen) atoms. The van der Waals surface area contributed by atoms with Crippen molar-refractivity contribution in [1.29, 1.82) is 0 Å². The number of hydrogen-bond acceptors (Lipinski definition) is 7. The maximum Gasteiger partial charge on any atom is 0.290 e. The van der Waals surface area contributed by atoms with E-state index in [2.05, 4.69) is 38.8 Å². The summed E-state index contributed by atoms with van der Waals surface area (Å²) in [4.78, 5) is 40.6. The molecule has 2 aromatic heterocycles. The molecule has 0 atom stereocenters. The van der Waals surface area contributed by atoms with Gasteiger partial charge >= 0.3 is 0 Å². The highest BCUT2D eigenvalue weighted by atomic mass is 16.3. The SMILES string of the molecule is CN1CCC(C)(C(=O)N2CCN(c3ccc4nccn4n3)CC2)CC1.O=CO.O=CO. The summed E-state index contributed by atoms with van der Waals surface area (Å²) >= 11 is 0. The zero-order chi connectivity index (χ0) is 22.9. The molecule has 0 saturated carbocycles. The van der Waals surface area contributed by atoms with E-state index in [4.69, 9.17) is 19.8 Å². The van der Waals surface area contributed by atoms with Gasteiger partial charge in [0.25, 0.3) is 12.9 Å². The summed E-state index contributed by atoms with van der Waals surface area (Å²) in [6.45, 7) is 6.86. The normalized spacial score (nSPS) is 18.3. The number of anilines is 1. The zero-order valence-corrected chi connectivity index (χ0v) is 17.9. The smallest absolute Gasteiger partial charge is 0.290 e. The molecule has 2 aromatic rings. The number of imidazole rings is 1. The van der Waals surface area contributed by atoms with Gasteiger partial charge in [-0.05, 0) is 45.1 Å². The maximum absolute atomic E-state index is 13.0. The number of amides is 1. The minimum atomic E-state index is -0.250. The Hall–Kier alpha value is -3.21. The molecule has 11 heteroatoms. The summed E-state index contributed by atoms with van der Waals surface area (Å²) in [5, 5.41) is 18.4. The summed E-state index contributed by atoms with van der Waals surface area (Å²) < 4.78 is 1.80. The molecular formula is C20H30N6O5. The number of carboxylic acid groups (broad SMARTS) is 2. The molecule has 0 spiro atoms. The van der Waals surface area contributed by atoms with Crippen LogP contribution in [0.5, 0.6) is 0 Å². The van der Waals surface area contributed by atoms with Crippen molar-refractivity contribution >= 4 is 30.3 Å². The monoisotopic (exact) mass is 434 g/mol. The van der Waals surface area contributed by atoms with E-state index in [1.165, 1.54) is 0 Å². The van der Waals surface area contributed by atoms with Crippen LogP contribution < -0.4 is 4.90 Å². The third-order valence-corrected chi connectivity index (χ3v) is 5.74. The van der Waals surface area contributed by atoms with Gasteiger partial charge in [0.05, 0.1) is 0 Å². The first-order chi connectivity index (χ1) is 14.9. The predicted molar refractivity (Wildman–Crippen MR) is 114 cm³/mol. The van der Waals surface area contributed by atoms with E-state index in [9.17, 15) is 4.79 Å². The molecule has 170 valence electrons. The Morgan fingerprint density at radius 3 is 2.19 bits per heavy atom. The summed E-state index contributed by atoms with van der Waals surface area (Å²) in [5.41, 5.74) is 0.663. The first kappa shape index (κ1) is 24.1. The van der Waals surface area contributed by atoms with E-state index < -0.39 is 0 Å². The number of carbonyl (C=O) groups excluding carboxylic acids is 1. The van der Waals surface area contributed by atoms with Crippen molar-refractivity contribution in [1.82, 2.24) is 24.4 Å². The van der Waals surface area contributed by atoms with Gasteiger partial charge in [-0.25, -0.2) is 9.50 Å². The van der Waals surface area contributed by atoms with Crippen LogP contribution in [-0.2, 0) is 14.4 Å². The van der Waals surface area contributed by atoms with Crippen molar-refractivity contribution in [3.05, 3.63) is 24.5 Å². The summed E-state index contributed by atoms with van der Waals surface area (Å²) in [6.07, 6.45) is 5.54. The molecule has 2 aliphatic heterocycles. The van der Waals surface area contributed by atoms with Gasteiger partial charge in [-0.3, -0.25) is 14.4 Å².